The predicted octanol–water partition coefficient (Wildman–Crippen LogP) is 2.70. The first-order chi connectivity index (χ1) is 9.02. The SMILES string of the molecule is CC(C)NN(C(C)C)P(OCCC#N)OCCC#N. The summed E-state index contributed by atoms with van der Waals surface area (Å²) in [6.07, 6.45) is 0.655. The summed E-state index contributed by atoms with van der Waals surface area (Å²) < 4.78 is 13.2. The quantitative estimate of drug-likeness (QED) is 0.378. The van der Waals surface area contributed by atoms with E-state index in [9.17, 15) is 0 Å². The fourth-order valence-electron chi connectivity index (χ4n) is 1.15. The molecule has 0 heterocycles. The smallest absolute Gasteiger partial charge is 0.273 e. The van der Waals surface area contributed by atoms with Gasteiger partial charge in [-0.25, -0.2) is 5.43 Å². The molecule has 0 unspecified atom stereocenters. The fourth-order valence-corrected chi connectivity index (χ4v) is 2.67. The highest BCUT2D eigenvalue weighted by atomic mass is 31.2. The standard InChI is InChI=1S/C12H23N4O2P/c1-11(2)15-16(12(3)4)19(17-9-5-7-13)18-10-6-8-14/h11-12,15H,5-6,9-10H2,1-4H3. The van der Waals surface area contributed by atoms with Crippen molar-refractivity contribution in [3.63, 3.8) is 0 Å². The van der Waals surface area contributed by atoms with Crippen molar-refractivity contribution < 1.29 is 9.05 Å². The first-order valence-electron chi connectivity index (χ1n) is 6.38. The molecule has 6 nitrogen and oxygen atoms in total. The highest BCUT2D eigenvalue weighted by molar-refractivity contribution is 7.44. The van der Waals surface area contributed by atoms with Crippen LogP contribution in [0.2, 0.25) is 0 Å². The van der Waals surface area contributed by atoms with E-state index in [1.54, 1.807) is 0 Å². The van der Waals surface area contributed by atoms with Crippen molar-refractivity contribution in [3.05, 3.63) is 0 Å². The first-order valence-corrected chi connectivity index (χ1v) is 7.51. The minimum Gasteiger partial charge on any atom is -0.320 e. The van der Waals surface area contributed by atoms with Crippen LogP contribution in [0.1, 0.15) is 40.5 Å². The van der Waals surface area contributed by atoms with Gasteiger partial charge in [0.25, 0.3) is 8.53 Å². The third kappa shape index (κ3) is 8.88. The first kappa shape index (κ1) is 18.2. The molecule has 0 saturated heterocycles. The molecule has 1 N–H and O–H groups in total. The molecular formula is C12H23N4O2P. The Morgan fingerprint density at radius 3 is 1.84 bits per heavy atom. The molecular weight excluding hydrogens is 263 g/mol. The van der Waals surface area contributed by atoms with E-state index in [0.717, 1.165) is 0 Å². The Hall–Kier alpha value is -0.750. The lowest BCUT2D eigenvalue weighted by molar-refractivity contribution is 0.154. The predicted molar refractivity (Wildman–Crippen MR) is 74.5 cm³/mol. The Kier molecular flexibility index (Phi) is 10.7. The fraction of sp³-hybridized carbons (Fsp3) is 0.833. The molecule has 0 aliphatic rings. The summed E-state index contributed by atoms with van der Waals surface area (Å²) in [5, 5.41) is 17.1. The van der Waals surface area contributed by atoms with Gasteiger partial charge in [-0.1, -0.05) is 0 Å². The van der Waals surface area contributed by atoms with Crippen molar-refractivity contribution in [2.75, 3.05) is 13.2 Å². The van der Waals surface area contributed by atoms with E-state index in [1.165, 1.54) is 0 Å². The normalized spacial score (nSPS) is 11.3. The number of hydrazine groups is 1. The zero-order valence-corrected chi connectivity index (χ0v) is 13.0. The second-order valence-electron chi connectivity index (χ2n) is 4.44. The molecule has 0 aromatic heterocycles. The second-order valence-corrected chi connectivity index (χ2v) is 5.87. The van der Waals surface area contributed by atoms with Crippen LogP contribution in [-0.2, 0) is 9.05 Å². The zero-order valence-electron chi connectivity index (χ0n) is 12.1. The van der Waals surface area contributed by atoms with Crippen LogP contribution in [0.15, 0.2) is 0 Å². The van der Waals surface area contributed by atoms with Crippen LogP contribution in [0.25, 0.3) is 0 Å². The van der Waals surface area contributed by atoms with E-state index in [-0.39, 0.29) is 12.1 Å². The van der Waals surface area contributed by atoms with Crippen LogP contribution >= 0.6 is 8.53 Å². The van der Waals surface area contributed by atoms with Gasteiger partial charge in [-0.05, 0) is 27.7 Å². The largest absolute Gasteiger partial charge is 0.320 e. The molecule has 0 radical (unpaired) electrons. The van der Waals surface area contributed by atoms with Crippen molar-refractivity contribution in [2.24, 2.45) is 0 Å². The van der Waals surface area contributed by atoms with Crippen LogP contribution in [-0.4, -0.2) is 30.1 Å². The summed E-state index contributed by atoms with van der Waals surface area (Å²) in [6, 6.07) is 4.52. The number of nitrogens with zero attached hydrogens (tertiary/aromatic N) is 3. The van der Waals surface area contributed by atoms with E-state index in [1.807, 2.05) is 44.6 Å². The van der Waals surface area contributed by atoms with Crippen molar-refractivity contribution >= 4 is 8.53 Å². The topological polar surface area (TPSA) is 81.3 Å². The lowest BCUT2D eigenvalue weighted by Gasteiger charge is -2.34. The number of nitrogens with one attached hydrogen (secondary N) is 1. The molecule has 0 rings (SSSR count). The summed E-state index contributed by atoms with van der Waals surface area (Å²) in [5.41, 5.74) is 3.28. The van der Waals surface area contributed by atoms with Crippen LogP contribution in [0.5, 0.6) is 0 Å². The van der Waals surface area contributed by atoms with E-state index >= 15 is 0 Å². The maximum absolute atomic E-state index is 8.55. The number of hydrogen-bond acceptors (Lipinski definition) is 6. The highest BCUT2D eigenvalue weighted by Gasteiger charge is 2.25. The molecule has 0 fully saturated rings. The van der Waals surface area contributed by atoms with Crippen LogP contribution < -0.4 is 5.43 Å². The maximum atomic E-state index is 8.55. The molecule has 0 bridgehead atoms. The molecule has 19 heavy (non-hydrogen) atoms. The lowest BCUT2D eigenvalue weighted by Crippen LogP contribution is -2.43. The van der Waals surface area contributed by atoms with Gasteiger partial charge in [0.1, 0.15) is 0 Å². The van der Waals surface area contributed by atoms with Crippen LogP contribution in [0, 0.1) is 22.7 Å². The molecule has 0 aliphatic carbocycles. The summed E-state index contributed by atoms with van der Waals surface area (Å²) in [6.45, 7) is 8.80. The van der Waals surface area contributed by atoms with Gasteiger partial charge in [0.15, 0.2) is 0 Å². The molecule has 0 atom stereocenters. The molecule has 0 aromatic rings. The van der Waals surface area contributed by atoms with E-state index in [0.29, 0.717) is 26.1 Å². The van der Waals surface area contributed by atoms with Crippen LogP contribution in [0.3, 0.4) is 0 Å². The number of rotatable bonds is 10. The van der Waals surface area contributed by atoms with Gasteiger partial charge in [-0.3, -0.25) is 0 Å². The summed E-state index contributed by atoms with van der Waals surface area (Å²) >= 11 is 0. The summed E-state index contributed by atoms with van der Waals surface area (Å²) in [5.74, 6) is 0. The third-order valence-corrected chi connectivity index (χ3v) is 3.62. The van der Waals surface area contributed by atoms with Gasteiger partial charge < -0.3 is 9.05 Å². The van der Waals surface area contributed by atoms with Gasteiger partial charge in [0.2, 0.25) is 0 Å². The van der Waals surface area contributed by atoms with Gasteiger partial charge in [0, 0.05) is 12.1 Å². The lowest BCUT2D eigenvalue weighted by atomic mass is 10.4. The van der Waals surface area contributed by atoms with Crippen molar-refractivity contribution in [1.29, 1.82) is 10.5 Å². The molecule has 0 saturated carbocycles. The van der Waals surface area contributed by atoms with Crippen molar-refractivity contribution in [2.45, 2.75) is 52.6 Å². The van der Waals surface area contributed by atoms with Gasteiger partial charge >= 0.3 is 0 Å². The molecule has 0 amide bonds. The minimum atomic E-state index is -1.30. The summed E-state index contributed by atoms with van der Waals surface area (Å²) in [4.78, 5) is 0. The number of nitriles is 2. The number of hydrogen-bond donors (Lipinski definition) is 1. The Morgan fingerprint density at radius 2 is 1.53 bits per heavy atom. The monoisotopic (exact) mass is 286 g/mol. The molecule has 0 aromatic carbocycles. The average Bonchev–Trinajstić information content (AvgIpc) is 2.34. The van der Waals surface area contributed by atoms with Gasteiger partial charge in [-0.2, -0.15) is 15.3 Å². The third-order valence-electron chi connectivity index (χ3n) is 1.89. The Morgan fingerprint density at radius 1 is 1.05 bits per heavy atom. The Labute approximate surface area is 117 Å². The van der Waals surface area contributed by atoms with Gasteiger partial charge in [0.05, 0.1) is 38.2 Å². The Balaban J connectivity index is 4.54. The zero-order chi connectivity index (χ0) is 14.7. The molecule has 0 aliphatic heterocycles. The second kappa shape index (κ2) is 11.1. The van der Waals surface area contributed by atoms with Crippen molar-refractivity contribution in [1.82, 2.24) is 10.2 Å². The molecule has 0 spiro atoms. The van der Waals surface area contributed by atoms with Gasteiger partial charge in [-0.15, -0.1) is 0 Å². The Bertz CT molecular complexity index is 292. The van der Waals surface area contributed by atoms with E-state index < -0.39 is 8.53 Å². The maximum Gasteiger partial charge on any atom is 0.273 e. The highest BCUT2D eigenvalue weighted by Crippen LogP contribution is 2.43. The van der Waals surface area contributed by atoms with Crippen LogP contribution in [0.4, 0.5) is 0 Å². The van der Waals surface area contributed by atoms with Crippen molar-refractivity contribution in [3.8, 4) is 12.1 Å². The summed E-state index contributed by atoms with van der Waals surface area (Å²) in [7, 11) is -1.30. The molecule has 108 valence electrons. The molecule has 7 heteroatoms. The van der Waals surface area contributed by atoms with E-state index in [4.69, 9.17) is 19.6 Å². The minimum absolute atomic E-state index is 0.192. The average molecular weight is 286 g/mol. The van der Waals surface area contributed by atoms with E-state index in [2.05, 4.69) is 5.43 Å².